The molecule has 1 rings (SSSR count). The SMILES string of the molecule is CCC(=O)CC[C@H](NC(=O)c1cccc(Br)c1)C(=O)OC. The molecule has 21 heavy (non-hydrogen) atoms. The van der Waals surface area contributed by atoms with Crippen LogP contribution in [0.5, 0.6) is 0 Å². The molecule has 6 heteroatoms. The van der Waals surface area contributed by atoms with Gasteiger partial charge in [0.2, 0.25) is 0 Å². The number of amides is 1. The van der Waals surface area contributed by atoms with Crippen LogP contribution in [0.25, 0.3) is 0 Å². The summed E-state index contributed by atoms with van der Waals surface area (Å²) >= 11 is 3.28. The number of methoxy groups -OCH3 is 1. The molecule has 0 fully saturated rings. The van der Waals surface area contributed by atoms with E-state index in [1.54, 1.807) is 31.2 Å². The Bertz CT molecular complexity index is 530. The van der Waals surface area contributed by atoms with Crippen LogP contribution in [-0.2, 0) is 14.3 Å². The highest BCUT2D eigenvalue weighted by atomic mass is 79.9. The lowest BCUT2D eigenvalue weighted by molar-refractivity contribution is -0.143. The number of ether oxygens (including phenoxy) is 1. The van der Waals surface area contributed by atoms with Gasteiger partial charge in [-0.2, -0.15) is 0 Å². The summed E-state index contributed by atoms with van der Waals surface area (Å²) in [5.74, 6) is -0.890. The Hall–Kier alpha value is -1.69. The van der Waals surface area contributed by atoms with Crippen molar-refractivity contribution in [3.8, 4) is 0 Å². The van der Waals surface area contributed by atoms with E-state index < -0.39 is 12.0 Å². The molecule has 0 aliphatic heterocycles. The van der Waals surface area contributed by atoms with Crippen LogP contribution in [0, 0.1) is 0 Å². The molecular formula is C15H18BrNO4. The minimum atomic E-state index is -0.822. The standard InChI is InChI=1S/C15H18BrNO4/c1-3-12(18)7-8-13(15(20)21-2)17-14(19)10-5-4-6-11(16)9-10/h4-6,9,13H,3,7-8H2,1-2H3,(H,17,19)/t13-/m0/s1. The van der Waals surface area contributed by atoms with Gasteiger partial charge in [0, 0.05) is 22.9 Å². The number of nitrogens with one attached hydrogen (secondary N) is 1. The monoisotopic (exact) mass is 355 g/mol. The zero-order valence-electron chi connectivity index (χ0n) is 12.0. The molecular weight excluding hydrogens is 338 g/mol. The molecule has 0 radical (unpaired) electrons. The van der Waals surface area contributed by atoms with Gasteiger partial charge in [0.1, 0.15) is 11.8 Å². The van der Waals surface area contributed by atoms with Crippen LogP contribution >= 0.6 is 15.9 Å². The minimum Gasteiger partial charge on any atom is -0.467 e. The predicted octanol–water partition coefficient (Wildman–Crippen LogP) is 2.48. The number of ketones is 1. The first-order valence-electron chi connectivity index (χ1n) is 6.63. The molecule has 0 unspecified atom stereocenters. The number of Topliss-reactive ketones (excluding diaryl/α,β-unsaturated/α-hetero) is 1. The number of carbonyl (C=O) groups is 3. The van der Waals surface area contributed by atoms with Gasteiger partial charge in [-0.15, -0.1) is 0 Å². The normalized spacial score (nSPS) is 11.6. The van der Waals surface area contributed by atoms with Gasteiger partial charge in [-0.1, -0.05) is 28.9 Å². The van der Waals surface area contributed by atoms with Gasteiger partial charge < -0.3 is 10.1 Å². The van der Waals surface area contributed by atoms with Gasteiger partial charge in [-0.3, -0.25) is 9.59 Å². The number of carbonyl (C=O) groups excluding carboxylic acids is 3. The van der Waals surface area contributed by atoms with Crippen LogP contribution in [0.1, 0.15) is 36.5 Å². The van der Waals surface area contributed by atoms with E-state index >= 15 is 0 Å². The van der Waals surface area contributed by atoms with E-state index in [2.05, 4.69) is 26.0 Å². The van der Waals surface area contributed by atoms with Crippen molar-refractivity contribution in [2.75, 3.05) is 7.11 Å². The molecule has 0 heterocycles. The van der Waals surface area contributed by atoms with Gasteiger partial charge in [-0.25, -0.2) is 4.79 Å². The van der Waals surface area contributed by atoms with E-state index in [9.17, 15) is 14.4 Å². The van der Waals surface area contributed by atoms with Crippen molar-refractivity contribution in [1.29, 1.82) is 0 Å². The quantitative estimate of drug-likeness (QED) is 0.762. The molecule has 0 aliphatic rings. The number of benzene rings is 1. The Morgan fingerprint density at radius 3 is 2.62 bits per heavy atom. The third kappa shape index (κ3) is 5.67. The molecule has 1 atom stereocenters. The Balaban J connectivity index is 2.73. The maximum absolute atomic E-state index is 12.1. The van der Waals surface area contributed by atoms with Crippen LogP contribution in [-0.4, -0.2) is 30.8 Å². The smallest absolute Gasteiger partial charge is 0.328 e. The van der Waals surface area contributed by atoms with Crippen LogP contribution in [0.15, 0.2) is 28.7 Å². The lowest BCUT2D eigenvalue weighted by Crippen LogP contribution is -2.41. The first-order chi connectivity index (χ1) is 9.97. The van der Waals surface area contributed by atoms with Crippen molar-refractivity contribution < 1.29 is 19.1 Å². The number of rotatable bonds is 7. The third-order valence-corrected chi connectivity index (χ3v) is 3.48. The van der Waals surface area contributed by atoms with Crippen molar-refractivity contribution in [3.63, 3.8) is 0 Å². The molecule has 0 saturated carbocycles. The third-order valence-electron chi connectivity index (χ3n) is 2.98. The average Bonchev–Trinajstić information content (AvgIpc) is 2.49. The summed E-state index contributed by atoms with van der Waals surface area (Å²) in [7, 11) is 1.25. The van der Waals surface area contributed by atoms with Crippen molar-refractivity contribution in [2.45, 2.75) is 32.2 Å². The fourth-order valence-electron chi connectivity index (χ4n) is 1.74. The second-order valence-corrected chi connectivity index (χ2v) is 5.41. The van der Waals surface area contributed by atoms with Crippen molar-refractivity contribution >= 4 is 33.6 Å². The number of halogens is 1. The van der Waals surface area contributed by atoms with Gasteiger partial charge in [0.15, 0.2) is 0 Å². The van der Waals surface area contributed by atoms with E-state index in [1.165, 1.54) is 7.11 Å². The second kappa shape index (κ2) is 8.56. The molecule has 0 aliphatic carbocycles. The van der Waals surface area contributed by atoms with Gasteiger partial charge in [0.25, 0.3) is 5.91 Å². The first kappa shape index (κ1) is 17.4. The van der Waals surface area contributed by atoms with Crippen molar-refractivity contribution in [2.24, 2.45) is 0 Å². The maximum atomic E-state index is 12.1. The zero-order chi connectivity index (χ0) is 15.8. The summed E-state index contributed by atoms with van der Waals surface area (Å²) in [6.07, 6.45) is 0.877. The lowest BCUT2D eigenvalue weighted by atomic mass is 10.1. The van der Waals surface area contributed by atoms with Crippen molar-refractivity contribution in [3.05, 3.63) is 34.3 Å². The van der Waals surface area contributed by atoms with Crippen LogP contribution < -0.4 is 5.32 Å². The lowest BCUT2D eigenvalue weighted by Gasteiger charge is -2.16. The highest BCUT2D eigenvalue weighted by Crippen LogP contribution is 2.12. The van der Waals surface area contributed by atoms with E-state index in [4.69, 9.17) is 0 Å². The molecule has 0 bridgehead atoms. The predicted molar refractivity (Wildman–Crippen MR) is 81.9 cm³/mol. The Kier molecular flexibility index (Phi) is 7.08. The molecule has 1 amide bonds. The minimum absolute atomic E-state index is 0.0422. The maximum Gasteiger partial charge on any atom is 0.328 e. The van der Waals surface area contributed by atoms with Gasteiger partial charge in [-0.05, 0) is 24.6 Å². The molecule has 0 saturated heterocycles. The Morgan fingerprint density at radius 1 is 1.33 bits per heavy atom. The van der Waals surface area contributed by atoms with Crippen LogP contribution in [0.4, 0.5) is 0 Å². The van der Waals surface area contributed by atoms with Crippen molar-refractivity contribution in [1.82, 2.24) is 5.32 Å². The molecule has 1 aromatic carbocycles. The zero-order valence-corrected chi connectivity index (χ0v) is 13.6. The Labute approximate surface area is 132 Å². The summed E-state index contributed by atoms with van der Waals surface area (Å²) in [6, 6.07) is 6.00. The molecule has 5 nitrogen and oxygen atoms in total. The van der Waals surface area contributed by atoms with E-state index in [0.717, 1.165) is 4.47 Å². The average molecular weight is 356 g/mol. The Morgan fingerprint density at radius 2 is 2.05 bits per heavy atom. The topological polar surface area (TPSA) is 72.5 Å². The number of esters is 1. The highest BCUT2D eigenvalue weighted by Gasteiger charge is 2.22. The molecule has 0 spiro atoms. The molecule has 114 valence electrons. The summed E-state index contributed by atoms with van der Waals surface area (Å²) in [5, 5.41) is 2.60. The second-order valence-electron chi connectivity index (χ2n) is 4.49. The summed E-state index contributed by atoms with van der Waals surface area (Å²) in [5.41, 5.74) is 0.431. The van der Waals surface area contributed by atoms with Gasteiger partial charge >= 0.3 is 5.97 Å². The van der Waals surface area contributed by atoms with Crippen LogP contribution in [0.3, 0.4) is 0 Å². The molecule has 0 aromatic heterocycles. The fraction of sp³-hybridized carbons (Fsp3) is 0.400. The highest BCUT2D eigenvalue weighted by molar-refractivity contribution is 9.10. The van der Waals surface area contributed by atoms with E-state index in [0.29, 0.717) is 12.0 Å². The number of hydrogen-bond donors (Lipinski definition) is 1. The largest absolute Gasteiger partial charge is 0.467 e. The summed E-state index contributed by atoms with van der Waals surface area (Å²) in [6.45, 7) is 1.76. The van der Waals surface area contributed by atoms with Crippen LogP contribution in [0.2, 0.25) is 0 Å². The fourth-order valence-corrected chi connectivity index (χ4v) is 2.14. The first-order valence-corrected chi connectivity index (χ1v) is 7.43. The molecule has 1 aromatic rings. The molecule has 1 N–H and O–H groups in total. The summed E-state index contributed by atoms with van der Waals surface area (Å²) < 4.78 is 5.43. The van der Waals surface area contributed by atoms with Gasteiger partial charge in [0.05, 0.1) is 7.11 Å². The van der Waals surface area contributed by atoms with E-state index in [-0.39, 0.29) is 24.5 Å². The number of hydrogen-bond acceptors (Lipinski definition) is 4. The summed E-state index contributed by atoms with van der Waals surface area (Å²) in [4.78, 5) is 35.2. The van der Waals surface area contributed by atoms with E-state index in [1.807, 2.05) is 0 Å².